The molecule has 1 heterocycles. The zero-order chi connectivity index (χ0) is 13.7. The standard InChI is InChI=1S/C11H18N4O3/c1-4-8-14-9(11(17)18-3)10(12)15(8)6-5-13-7(2)16/h4-6,12H2,1-3H3,(H,13,16). The summed E-state index contributed by atoms with van der Waals surface area (Å²) in [7, 11) is 1.28. The second kappa shape index (κ2) is 6.04. The molecular formula is C11H18N4O3. The van der Waals surface area contributed by atoms with Crippen LogP contribution in [0.5, 0.6) is 0 Å². The van der Waals surface area contributed by atoms with Crippen LogP contribution >= 0.6 is 0 Å². The molecule has 0 bridgehead atoms. The van der Waals surface area contributed by atoms with Crippen LogP contribution in [0, 0.1) is 0 Å². The van der Waals surface area contributed by atoms with Crippen molar-refractivity contribution in [3.05, 3.63) is 11.5 Å². The van der Waals surface area contributed by atoms with Gasteiger partial charge in [0.1, 0.15) is 11.6 Å². The number of nitrogens with zero attached hydrogens (tertiary/aromatic N) is 2. The number of imidazole rings is 1. The van der Waals surface area contributed by atoms with E-state index in [4.69, 9.17) is 5.73 Å². The predicted molar refractivity (Wildman–Crippen MR) is 66.0 cm³/mol. The van der Waals surface area contributed by atoms with Gasteiger partial charge < -0.3 is 20.4 Å². The molecule has 0 fully saturated rings. The van der Waals surface area contributed by atoms with Crippen LogP contribution in [0.25, 0.3) is 0 Å². The van der Waals surface area contributed by atoms with Crippen LogP contribution < -0.4 is 11.1 Å². The smallest absolute Gasteiger partial charge is 0.360 e. The summed E-state index contributed by atoms with van der Waals surface area (Å²) in [5, 5.41) is 2.67. The number of methoxy groups -OCH3 is 1. The molecule has 18 heavy (non-hydrogen) atoms. The predicted octanol–water partition coefficient (Wildman–Crippen LogP) is -0.0496. The van der Waals surface area contributed by atoms with Crippen LogP contribution in [-0.2, 0) is 22.5 Å². The lowest BCUT2D eigenvalue weighted by molar-refractivity contribution is -0.118. The number of esters is 1. The third-order valence-electron chi connectivity index (χ3n) is 2.49. The Bertz CT molecular complexity index is 453. The molecule has 0 saturated carbocycles. The summed E-state index contributed by atoms with van der Waals surface area (Å²) in [6, 6.07) is 0. The van der Waals surface area contributed by atoms with E-state index in [0.29, 0.717) is 25.3 Å². The van der Waals surface area contributed by atoms with Gasteiger partial charge in [0.05, 0.1) is 7.11 Å². The SMILES string of the molecule is CCc1nc(C(=O)OC)c(N)n1CCNC(C)=O. The summed E-state index contributed by atoms with van der Waals surface area (Å²) >= 11 is 0. The number of ether oxygens (including phenoxy) is 1. The third-order valence-corrected chi connectivity index (χ3v) is 2.49. The van der Waals surface area contributed by atoms with E-state index in [2.05, 4.69) is 15.0 Å². The van der Waals surface area contributed by atoms with Gasteiger partial charge in [0, 0.05) is 26.4 Å². The van der Waals surface area contributed by atoms with Crippen molar-refractivity contribution in [1.29, 1.82) is 0 Å². The van der Waals surface area contributed by atoms with Gasteiger partial charge >= 0.3 is 5.97 Å². The zero-order valence-electron chi connectivity index (χ0n) is 10.8. The maximum Gasteiger partial charge on any atom is 0.360 e. The minimum atomic E-state index is -0.555. The minimum Gasteiger partial charge on any atom is -0.464 e. The van der Waals surface area contributed by atoms with E-state index >= 15 is 0 Å². The molecule has 1 aromatic heterocycles. The van der Waals surface area contributed by atoms with Gasteiger partial charge in [0.25, 0.3) is 0 Å². The number of nitrogens with one attached hydrogen (secondary N) is 1. The highest BCUT2D eigenvalue weighted by Crippen LogP contribution is 2.15. The first-order valence-corrected chi connectivity index (χ1v) is 5.68. The minimum absolute atomic E-state index is 0.111. The molecule has 0 atom stereocenters. The highest BCUT2D eigenvalue weighted by atomic mass is 16.5. The van der Waals surface area contributed by atoms with Crippen molar-refractivity contribution in [2.75, 3.05) is 19.4 Å². The number of anilines is 1. The zero-order valence-corrected chi connectivity index (χ0v) is 10.8. The molecule has 0 aliphatic carbocycles. The fourth-order valence-corrected chi connectivity index (χ4v) is 1.62. The van der Waals surface area contributed by atoms with Gasteiger partial charge in [-0.15, -0.1) is 0 Å². The fraction of sp³-hybridized carbons (Fsp3) is 0.545. The summed E-state index contributed by atoms with van der Waals surface area (Å²) in [6.45, 7) is 4.26. The topological polar surface area (TPSA) is 99.2 Å². The Morgan fingerprint density at radius 3 is 2.67 bits per heavy atom. The maximum absolute atomic E-state index is 11.4. The molecule has 7 heteroatoms. The normalized spacial score (nSPS) is 10.2. The first-order valence-electron chi connectivity index (χ1n) is 5.68. The quantitative estimate of drug-likeness (QED) is 0.718. The lowest BCUT2D eigenvalue weighted by Crippen LogP contribution is -2.25. The molecule has 1 amide bonds. The largest absolute Gasteiger partial charge is 0.464 e. The van der Waals surface area contributed by atoms with Crippen LogP contribution in [0.2, 0.25) is 0 Å². The second-order valence-corrected chi connectivity index (χ2v) is 3.74. The molecule has 7 nitrogen and oxygen atoms in total. The van der Waals surface area contributed by atoms with Crippen molar-refractivity contribution in [1.82, 2.24) is 14.9 Å². The van der Waals surface area contributed by atoms with Crippen LogP contribution in [0.3, 0.4) is 0 Å². The van der Waals surface area contributed by atoms with Gasteiger partial charge in [-0.05, 0) is 0 Å². The van der Waals surface area contributed by atoms with E-state index in [1.807, 2.05) is 6.92 Å². The Kier molecular flexibility index (Phi) is 4.70. The molecule has 1 aromatic rings. The van der Waals surface area contributed by atoms with Crippen molar-refractivity contribution in [2.24, 2.45) is 0 Å². The highest BCUT2D eigenvalue weighted by molar-refractivity contribution is 5.92. The molecule has 0 radical (unpaired) electrons. The van der Waals surface area contributed by atoms with E-state index in [1.165, 1.54) is 14.0 Å². The van der Waals surface area contributed by atoms with Gasteiger partial charge in [0.2, 0.25) is 5.91 Å². The second-order valence-electron chi connectivity index (χ2n) is 3.74. The fourth-order valence-electron chi connectivity index (χ4n) is 1.62. The average molecular weight is 254 g/mol. The number of aryl methyl sites for hydroxylation is 1. The van der Waals surface area contributed by atoms with Gasteiger partial charge in [-0.1, -0.05) is 6.92 Å². The van der Waals surface area contributed by atoms with Crippen molar-refractivity contribution in [3.63, 3.8) is 0 Å². The summed E-state index contributed by atoms with van der Waals surface area (Å²) in [6.07, 6.45) is 0.640. The van der Waals surface area contributed by atoms with Crippen LogP contribution in [0.15, 0.2) is 0 Å². The Balaban J connectivity index is 2.91. The summed E-state index contributed by atoms with van der Waals surface area (Å²) in [4.78, 5) is 26.4. The van der Waals surface area contributed by atoms with Crippen LogP contribution in [0.1, 0.15) is 30.2 Å². The number of carbonyl (C=O) groups is 2. The average Bonchev–Trinajstić information content (AvgIpc) is 2.65. The van der Waals surface area contributed by atoms with E-state index in [-0.39, 0.29) is 17.4 Å². The molecule has 0 saturated heterocycles. The van der Waals surface area contributed by atoms with Crippen molar-refractivity contribution in [2.45, 2.75) is 26.8 Å². The van der Waals surface area contributed by atoms with E-state index in [0.717, 1.165) is 0 Å². The maximum atomic E-state index is 11.4. The van der Waals surface area contributed by atoms with Gasteiger partial charge in [-0.25, -0.2) is 9.78 Å². The number of hydrogen-bond donors (Lipinski definition) is 2. The molecule has 0 aromatic carbocycles. The Hall–Kier alpha value is -2.05. The Labute approximate surface area is 105 Å². The number of rotatable bonds is 5. The number of nitrogens with two attached hydrogens (primary N) is 1. The molecular weight excluding hydrogens is 236 g/mol. The van der Waals surface area contributed by atoms with Crippen molar-refractivity contribution >= 4 is 17.7 Å². The van der Waals surface area contributed by atoms with E-state index in [1.54, 1.807) is 4.57 Å². The first-order chi connectivity index (χ1) is 8.51. The Morgan fingerprint density at radius 2 is 2.17 bits per heavy atom. The number of hydrogen-bond acceptors (Lipinski definition) is 5. The molecule has 1 rings (SSSR count). The monoisotopic (exact) mass is 254 g/mol. The molecule has 0 aliphatic heterocycles. The first kappa shape index (κ1) is 14.0. The highest BCUT2D eigenvalue weighted by Gasteiger charge is 2.19. The number of nitrogen functional groups attached to an aromatic ring is 1. The van der Waals surface area contributed by atoms with Gasteiger partial charge in [-0.2, -0.15) is 0 Å². The van der Waals surface area contributed by atoms with Crippen LogP contribution in [-0.4, -0.2) is 35.1 Å². The number of amides is 1. The number of aromatic nitrogens is 2. The lowest BCUT2D eigenvalue weighted by Gasteiger charge is -2.08. The summed E-state index contributed by atoms with van der Waals surface area (Å²) in [5.41, 5.74) is 5.98. The van der Waals surface area contributed by atoms with Crippen molar-refractivity contribution < 1.29 is 14.3 Å². The molecule has 100 valence electrons. The van der Waals surface area contributed by atoms with E-state index in [9.17, 15) is 9.59 Å². The summed E-state index contributed by atoms with van der Waals surface area (Å²) in [5.74, 6) is 0.294. The Morgan fingerprint density at radius 1 is 1.50 bits per heavy atom. The summed E-state index contributed by atoms with van der Waals surface area (Å²) < 4.78 is 6.32. The van der Waals surface area contributed by atoms with Gasteiger partial charge in [0.15, 0.2) is 5.69 Å². The van der Waals surface area contributed by atoms with E-state index < -0.39 is 5.97 Å². The molecule has 0 aliphatic rings. The third kappa shape index (κ3) is 2.99. The van der Waals surface area contributed by atoms with Gasteiger partial charge in [-0.3, -0.25) is 4.79 Å². The lowest BCUT2D eigenvalue weighted by atomic mass is 10.4. The molecule has 3 N–H and O–H groups in total. The van der Waals surface area contributed by atoms with Crippen LogP contribution in [0.4, 0.5) is 5.82 Å². The molecule has 0 spiro atoms. The van der Waals surface area contributed by atoms with Crippen molar-refractivity contribution in [3.8, 4) is 0 Å². The molecule has 0 unspecified atom stereocenters. The number of carbonyl (C=O) groups excluding carboxylic acids is 2.